The second kappa shape index (κ2) is 23.7. The summed E-state index contributed by atoms with van der Waals surface area (Å²) in [5.41, 5.74) is 0. The van der Waals surface area contributed by atoms with Gasteiger partial charge in [0.25, 0.3) is 0 Å². The number of aliphatic hydroxyl groups is 8. The normalized spacial score (nSPS) is 15.0. The molecule has 0 heterocycles. The molecule has 0 saturated carbocycles. The molecule has 0 rings (SSSR count). The number of hydrogen-bond acceptors (Lipinski definition) is 8. The molecular formula is C12H32O8. The van der Waals surface area contributed by atoms with Crippen LogP contribution in [0.5, 0.6) is 0 Å². The van der Waals surface area contributed by atoms with E-state index in [0.717, 1.165) is 0 Å². The van der Waals surface area contributed by atoms with E-state index in [1.54, 1.807) is 0 Å². The zero-order valence-corrected chi connectivity index (χ0v) is 12.7. The molecule has 0 aromatic heterocycles. The molecule has 0 aromatic carbocycles. The molecule has 4 unspecified atom stereocenters. The van der Waals surface area contributed by atoms with Crippen molar-refractivity contribution in [2.75, 3.05) is 26.4 Å². The van der Waals surface area contributed by atoms with Crippen LogP contribution < -0.4 is 0 Å². The number of aliphatic hydroxyl groups excluding tert-OH is 8. The third kappa shape index (κ3) is 83.4. The average Bonchev–Trinajstić information content (AvgIpc) is 2.40. The first-order valence-electron chi connectivity index (χ1n) is 6.24. The molecule has 20 heavy (non-hydrogen) atoms. The van der Waals surface area contributed by atoms with Crippen molar-refractivity contribution in [3.63, 3.8) is 0 Å². The zero-order valence-electron chi connectivity index (χ0n) is 12.7. The smallest absolute Gasteiger partial charge is 0.0742 e. The molecule has 0 fully saturated rings. The maximum Gasteiger partial charge on any atom is 0.0742 e. The third-order valence-electron chi connectivity index (χ3n) is 1.06. The summed E-state index contributed by atoms with van der Waals surface area (Å²) in [6.07, 6.45) is -2.24. The fourth-order valence-electron chi connectivity index (χ4n) is 0. The molecule has 0 bridgehead atoms. The highest BCUT2D eigenvalue weighted by Crippen LogP contribution is 1.70. The lowest BCUT2D eigenvalue weighted by atomic mass is 10.5. The largest absolute Gasteiger partial charge is 0.394 e. The van der Waals surface area contributed by atoms with E-state index in [1.807, 2.05) is 0 Å². The van der Waals surface area contributed by atoms with Crippen molar-refractivity contribution >= 4 is 0 Å². The molecule has 128 valence electrons. The van der Waals surface area contributed by atoms with Crippen molar-refractivity contribution in [1.29, 1.82) is 0 Å². The molecule has 0 aliphatic heterocycles. The van der Waals surface area contributed by atoms with E-state index < -0.39 is 24.4 Å². The van der Waals surface area contributed by atoms with Crippen molar-refractivity contribution < 1.29 is 40.9 Å². The van der Waals surface area contributed by atoms with Gasteiger partial charge in [0, 0.05) is 0 Å². The van der Waals surface area contributed by atoms with Crippen molar-refractivity contribution in [2.24, 2.45) is 0 Å². The van der Waals surface area contributed by atoms with Gasteiger partial charge >= 0.3 is 0 Å². The lowest BCUT2D eigenvalue weighted by molar-refractivity contribution is 0.110. The van der Waals surface area contributed by atoms with E-state index in [0.29, 0.717) is 0 Å². The monoisotopic (exact) mass is 304 g/mol. The second-order valence-electron chi connectivity index (χ2n) is 4.13. The Balaban J connectivity index is -0.0000000853. The van der Waals surface area contributed by atoms with Gasteiger partial charge < -0.3 is 40.9 Å². The first-order valence-corrected chi connectivity index (χ1v) is 6.24. The van der Waals surface area contributed by atoms with Crippen LogP contribution in [0.3, 0.4) is 0 Å². The maximum absolute atomic E-state index is 8.11. The third-order valence-corrected chi connectivity index (χ3v) is 1.06. The van der Waals surface area contributed by atoms with E-state index >= 15 is 0 Å². The Kier molecular flexibility index (Phi) is 33.2. The van der Waals surface area contributed by atoms with Gasteiger partial charge in [0.05, 0.1) is 50.8 Å². The van der Waals surface area contributed by atoms with Crippen LogP contribution in [0.2, 0.25) is 0 Å². The molecule has 0 radical (unpaired) electrons. The van der Waals surface area contributed by atoms with Gasteiger partial charge in [-0.15, -0.1) is 0 Å². The van der Waals surface area contributed by atoms with Crippen LogP contribution in [0.1, 0.15) is 27.7 Å². The lowest BCUT2D eigenvalue weighted by Crippen LogP contribution is -2.03. The summed E-state index contributed by atoms with van der Waals surface area (Å²) in [6.45, 7) is 5.56. The molecule has 8 nitrogen and oxygen atoms in total. The summed E-state index contributed by atoms with van der Waals surface area (Å²) in [4.78, 5) is 0. The van der Waals surface area contributed by atoms with Crippen LogP contribution in [0, 0.1) is 0 Å². The van der Waals surface area contributed by atoms with E-state index in [9.17, 15) is 0 Å². The SMILES string of the molecule is CC(O)CO.CC(O)CO.CC(O)CO.CC(O)CO. The Hall–Kier alpha value is -0.320. The zero-order chi connectivity index (χ0) is 17.1. The first-order chi connectivity index (χ1) is 9.08. The standard InChI is InChI=1S/4C3H8O2/c4*1-3(5)2-4/h4*3-5H,2H2,1H3. The summed E-state index contributed by atoms with van der Waals surface area (Å²) in [6, 6.07) is 0. The molecule has 0 amide bonds. The van der Waals surface area contributed by atoms with Crippen molar-refractivity contribution in [3.05, 3.63) is 0 Å². The summed E-state index contributed by atoms with van der Waals surface area (Å²) >= 11 is 0. The molecule has 0 spiro atoms. The Morgan fingerprint density at radius 2 is 0.500 bits per heavy atom. The highest BCUT2D eigenvalue weighted by molar-refractivity contribution is 4.35. The lowest BCUT2D eigenvalue weighted by Gasteiger charge is -1.90. The second-order valence-corrected chi connectivity index (χ2v) is 4.13. The Morgan fingerprint density at radius 1 is 0.450 bits per heavy atom. The predicted octanol–water partition coefficient (Wildman–Crippen LogP) is -2.56. The van der Waals surface area contributed by atoms with Gasteiger partial charge in [0.2, 0.25) is 0 Å². The minimum atomic E-state index is -0.560. The molecule has 0 saturated heterocycles. The van der Waals surface area contributed by atoms with Gasteiger partial charge in [-0.1, -0.05) is 0 Å². The Bertz CT molecular complexity index is 107. The minimum absolute atomic E-state index is 0.139. The molecule has 8 N–H and O–H groups in total. The van der Waals surface area contributed by atoms with Gasteiger partial charge in [-0.05, 0) is 27.7 Å². The molecule has 4 atom stereocenters. The predicted molar refractivity (Wildman–Crippen MR) is 75.1 cm³/mol. The number of rotatable bonds is 4. The summed E-state index contributed by atoms with van der Waals surface area (Å²) in [5, 5.41) is 64.0. The van der Waals surface area contributed by atoms with Crippen LogP contribution in [0.4, 0.5) is 0 Å². The molecule has 0 aliphatic carbocycles. The van der Waals surface area contributed by atoms with Crippen molar-refractivity contribution in [2.45, 2.75) is 52.1 Å². The summed E-state index contributed by atoms with van der Waals surface area (Å²) in [5.74, 6) is 0. The Morgan fingerprint density at radius 3 is 0.500 bits per heavy atom. The minimum Gasteiger partial charge on any atom is -0.394 e. The fraction of sp³-hybridized carbons (Fsp3) is 1.00. The first kappa shape index (κ1) is 27.9. The Labute approximate surface area is 120 Å². The average molecular weight is 304 g/mol. The highest BCUT2D eigenvalue weighted by Gasteiger charge is 1.84. The van der Waals surface area contributed by atoms with Gasteiger partial charge in [0.15, 0.2) is 0 Å². The fourth-order valence-corrected chi connectivity index (χ4v) is 0. The molecular weight excluding hydrogens is 272 g/mol. The van der Waals surface area contributed by atoms with Crippen LogP contribution in [-0.4, -0.2) is 91.7 Å². The summed E-state index contributed by atoms with van der Waals surface area (Å²) in [7, 11) is 0. The topological polar surface area (TPSA) is 162 Å². The van der Waals surface area contributed by atoms with E-state index in [4.69, 9.17) is 40.9 Å². The van der Waals surface area contributed by atoms with Crippen molar-refractivity contribution in [1.82, 2.24) is 0 Å². The van der Waals surface area contributed by atoms with E-state index in [-0.39, 0.29) is 26.4 Å². The maximum atomic E-state index is 8.11. The van der Waals surface area contributed by atoms with Gasteiger partial charge in [-0.2, -0.15) is 0 Å². The van der Waals surface area contributed by atoms with Crippen LogP contribution >= 0.6 is 0 Å². The van der Waals surface area contributed by atoms with E-state index in [2.05, 4.69) is 0 Å². The highest BCUT2D eigenvalue weighted by atomic mass is 16.3. The van der Waals surface area contributed by atoms with E-state index in [1.165, 1.54) is 27.7 Å². The number of hydrogen-bond donors (Lipinski definition) is 8. The van der Waals surface area contributed by atoms with Crippen molar-refractivity contribution in [3.8, 4) is 0 Å². The molecule has 0 aliphatic rings. The summed E-state index contributed by atoms with van der Waals surface area (Å²) < 4.78 is 0. The van der Waals surface area contributed by atoms with Crippen LogP contribution in [-0.2, 0) is 0 Å². The van der Waals surface area contributed by atoms with Crippen LogP contribution in [0.25, 0.3) is 0 Å². The van der Waals surface area contributed by atoms with Gasteiger partial charge in [0.1, 0.15) is 0 Å². The van der Waals surface area contributed by atoms with Gasteiger partial charge in [-0.25, -0.2) is 0 Å². The molecule has 0 aromatic rings. The quantitative estimate of drug-likeness (QED) is 0.281. The van der Waals surface area contributed by atoms with Gasteiger partial charge in [-0.3, -0.25) is 0 Å². The van der Waals surface area contributed by atoms with Crippen LogP contribution in [0.15, 0.2) is 0 Å². The molecule has 8 heteroatoms.